The van der Waals surface area contributed by atoms with Gasteiger partial charge in [-0.2, -0.15) is 0 Å². The quantitative estimate of drug-likeness (QED) is 0.573. The van der Waals surface area contributed by atoms with Crippen LogP contribution in [0.15, 0.2) is 53.6 Å². The number of para-hydroxylation sites is 2. The van der Waals surface area contributed by atoms with Crippen molar-refractivity contribution in [1.29, 1.82) is 0 Å². The molecule has 0 fully saturated rings. The van der Waals surface area contributed by atoms with Gasteiger partial charge in [0.15, 0.2) is 0 Å². The number of benzene rings is 2. The highest BCUT2D eigenvalue weighted by Crippen LogP contribution is 2.19. The van der Waals surface area contributed by atoms with E-state index in [1.54, 1.807) is 10.9 Å². The van der Waals surface area contributed by atoms with E-state index >= 15 is 0 Å². The largest absolute Gasteiger partial charge is 0.334 e. The van der Waals surface area contributed by atoms with E-state index in [-0.39, 0.29) is 5.69 Å². The molecule has 4 rings (SSSR count). The van der Waals surface area contributed by atoms with Crippen LogP contribution >= 0.6 is 0 Å². The summed E-state index contributed by atoms with van der Waals surface area (Å²) < 4.78 is 3.63. The first kappa shape index (κ1) is 11.0. The summed E-state index contributed by atoms with van der Waals surface area (Å²) in [6.07, 6.45) is 1.77. The molecule has 0 amide bonds. The van der Waals surface area contributed by atoms with E-state index < -0.39 is 0 Å². The molecule has 0 radical (unpaired) electrons. The minimum Gasteiger partial charge on any atom is -0.334 e. The molecule has 0 bridgehead atoms. The number of aromatic nitrogens is 4. The van der Waals surface area contributed by atoms with Crippen molar-refractivity contribution in [2.24, 2.45) is 7.05 Å². The molecule has 0 aliphatic rings. The first-order chi connectivity index (χ1) is 9.74. The molecule has 20 heavy (non-hydrogen) atoms. The Morgan fingerprint density at radius 2 is 1.95 bits per heavy atom. The second kappa shape index (κ2) is 3.84. The SMILES string of the molecule is Cn1cnc2ccc(-n3c(=O)[nH]c4ccccc43)cc21. The van der Waals surface area contributed by atoms with Gasteiger partial charge in [-0.1, -0.05) is 12.1 Å². The summed E-state index contributed by atoms with van der Waals surface area (Å²) in [6, 6.07) is 13.5. The van der Waals surface area contributed by atoms with Gasteiger partial charge in [-0.3, -0.25) is 4.57 Å². The third-order valence-electron chi connectivity index (χ3n) is 3.56. The second-order valence-corrected chi connectivity index (χ2v) is 4.81. The highest BCUT2D eigenvalue weighted by molar-refractivity contribution is 5.81. The summed E-state index contributed by atoms with van der Waals surface area (Å²) in [5.41, 5.74) is 4.33. The van der Waals surface area contributed by atoms with Gasteiger partial charge in [0, 0.05) is 7.05 Å². The van der Waals surface area contributed by atoms with Crippen LogP contribution in [0.4, 0.5) is 0 Å². The number of H-pyrrole nitrogens is 1. The van der Waals surface area contributed by atoms with Crippen molar-refractivity contribution in [2.45, 2.75) is 0 Å². The Hall–Kier alpha value is -2.82. The second-order valence-electron chi connectivity index (χ2n) is 4.81. The number of rotatable bonds is 1. The Balaban J connectivity index is 2.08. The van der Waals surface area contributed by atoms with E-state index in [9.17, 15) is 4.79 Å². The van der Waals surface area contributed by atoms with Crippen molar-refractivity contribution in [1.82, 2.24) is 19.1 Å². The number of hydrogen-bond acceptors (Lipinski definition) is 2. The molecule has 2 aromatic carbocycles. The Morgan fingerprint density at radius 1 is 1.10 bits per heavy atom. The van der Waals surface area contributed by atoms with Crippen LogP contribution in [-0.4, -0.2) is 19.1 Å². The molecule has 98 valence electrons. The Bertz CT molecular complexity index is 990. The maximum Gasteiger partial charge on any atom is 0.331 e. The molecule has 0 aliphatic heterocycles. The number of imidazole rings is 2. The molecule has 0 saturated carbocycles. The fourth-order valence-electron chi connectivity index (χ4n) is 2.56. The maximum atomic E-state index is 12.2. The first-order valence-corrected chi connectivity index (χ1v) is 6.35. The van der Waals surface area contributed by atoms with Gasteiger partial charge in [0.25, 0.3) is 0 Å². The van der Waals surface area contributed by atoms with E-state index in [1.165, 1.54) is 0 Å². The van der Waals surface area contributed by atoms with Gasteiger partial charge in [0.1, 0.15) is 0 Å². The summed E-state index contributed by atoms with van der Waals surface area (Å²) in [5, 5.41) is 0. The molecule has 5 heteroatoms. The standard InChI is InChI=1S/C15H12N4O/c1-18-9-16-11-7-6-10(8-14(11)18)19-13-5-3-2-4-12(13)17-15(19)20/h2-9H,1H3,(H,17,20). The lowest BCUT2D eigenvalue weighted by molar-refractivity contribution is 0.944. The number of nitrogens with one attached hydrogen (secondary N) is 1. The summed E-state index contributed by atoms with van der Waals surface area (Å²) >= 11 is 0. The number of aromatic amines is 1. The highest BCUT2D eigenvalue weighted by Gasteiger charge is 2.09. The topological polar surface area (TPSA) is 55.6 Å². The average Bonchev–Trinajstić information content (AvgIpc) is 2.98. The van der Waals surface area contributed by atoms with Crippen LogP contribution in [0.2, 0.25) is 0 Å². The molecule has 2 aromatic heterocycles. The van der Waals surface area contributed by atoms with Crippen molar-refractivity contribution in [2.75, 3.05) is 0 Å². The molecule has 4 aromatic rings. The van der Waals surface area contributed by atoms with Gasteiger partial charge < -0.3 is 9.55 Å². The zero-order valence-corrected chi connectivity index (χ0v) is 10.9. The van der Waals surface area contributed by atoms with Gasteiger partial charge in [-0.15, -0.1) is 0 Å². The number of hydrogen-bond donors (Lipinski definition) is 1. The summed E-state index contributed by atoms with van der Waals surface area (Å²) in [7, 11) is 1.94. The number of aryl methyl sites for hydroxylation is 1. The predicted molar refractivity (Wildman–Crippen MR) is 78.2 cm³/mol. The lowest BCUT2D eigenvalue weighted by Crippen LogP contribution is -2.14. The molecule has 0 saturated heterocycles. The van der Waals surface area contributed by atoms with Gasteiger partial charge in [0.2, 0.25) is 0 Å². The van der Waals surface area contributed by atoms with Gasteiger partial charge in [-0.05, 0) is 30.3 Å². The molecular weight excluding hydrogens is 252 g/mol. The van der Waals surface area contributed by atoms with E-state index in [0.717, 1.165) is 27.8 Å². The maximum absolute atomic E-state index is 12.2. The van der Waals surface area contributed by atoms with E-state index in [1.807, 2.05) is 54.1 Å². The fourth-order valence-corrected chi connectivity index (χ4v) is 2.56. The Kier molecular flexibility index (Phi) is 2.12. The molecule has 0 atom stereocenters. The van der Waals surface area contributed by atoms with Crippen LogP contribution in [0.5, 0.6) is 0 Å². The zero-order chi connectivity index (χ0) is 13.7. The molecule has 0 unspecified atom stereocenters. The molecule has 2 heterocycles. The fraction of sp³-hybridized carbons (Fsp3) is 0.0667. The van der Waals surface area contributed by atoms with E-state index in [2.05, 4.69) is 9.97 Å². The molecule has 1 N–H and O–H groups in total. The molecular formula is C15H12N4O. The predicted octanol–water partition coefficient (Wildman–Crippen LogP) is 2.21. The number of nitrogens with zero attached hydrogens (tertiary/aromatic N) is 3. The van der Waals surface area contributed by atoms with Crippen LogP contribution in [0.25, 0.3) is 27.8 Å². The molecule has 0 aliphatic carbocycles. The van der Waals surface area contributed by atoms with Gasteiger partial charge in [0.05, 0.1) is 34.1 Å². The minimum atomic E-state index is -0.132. The van der Waals surface area contributed by atoms with Crippen molar-refractivity contribution in [3.05, 3.63) is 59.3 Å². The van der Waals surface area contributed by atoms with Crippen molar-refractivity contribution in [3.63, 3.8) is 0 Å². The van der Waals surface area contributed by atoms with Crippen molar-refractivity contribution >= 4 is 22.1 Å². The van der Waals surface area contributed by atoms with Crippen molar-refractivity contribution < 1.29 is 0 Å². The van der Waals surface area contributed by atoms with E-state index in [0.29, 0.717) is 0 Å². The smallest absolute Gasteiger partial charge is 0.331 e. The monoisotopic (exact) mass is 264 g/mol. The number of fused-ring (bicyclic) bond motifs is 2. The van der Waals surface area contributed by atoms with E-state index in [4.69, 9.17) is 0 Å². The lowest BCUT2D eigenvalue weighted by Gasteiger charge is -2.04. The van der Waals surface area contributed by atoms with Crippen LogP contribution in [0, 0.1) is 0 Å². The minimum absolute atomic E-state index is 0.132. The Labute approximate surface area is 114 Å². The van der Waals surface area contributed by atoms with Gasteiger partial charge in [-0.25, -0.2) is 9.78 Å². The molecule has 5 nitrogen and oxygen atoms in total. The summed E-state index contributed by atoms with van der Waals surface area (Å²) in [6.45, 7) is 0. The zero-order valence-electron chi connectivity index (χ0n) is 10.9. The van der Waals surface area contributed by atoms with Crippen LogP contribution < -0.4 is 5.69 Å². The van der Waals surface area contributed by atoms with Gasteiger partial charge >= 0.3 is 5.69 Å². The Morgan fingerprint density at radius 3 is 2.85 bits per heavy atom. The summed E-state index contributed by atoms with van der Waals surface area (Å²) in [4.78, 5) is 19.3. The highest BCUT2D eigenvalue weighted by atomic mass is 16.1. The first-order valence-electron chi connectivity index (χ1n) is 6.35. The third kappa shape index (κ3) is 1.43. The van der Waals surface area contributed by atoms with Crippen LogP contribution in [-0.2, 0) is 7.05 Å². The normalized spacial score (nSPS) is 11.4. The molecule has 0 spiro atoms. The average molecular weight is 264 g/mol. The van der Waals surface area contributed by atoms with Crippen molar-refractivity contribution in [3.8, 4) is 5.69 Å². The summed E-state index contributed by atoms with van der Waals surface area (Å²) in [5.74, 6) is 0. The van der Waals surface area contributed by atoms with Crippen LogP contribution in [0.3, 0.4) is 0 Å². The third-order valence-corrected chi connectivity index (χ3v) is 3.56. The van der Waals surface area contributed by atoms with Crippen LogP contribution in [0.1, 0.15) is 0 Å². The lowest BCUT2D eigenvalue weighted by atomic mass is 10.2.